The summed E-state index contributed by atoms with van der Waals surface area (Å²) in [5, 5.41) is 13.7. The number of nitrogens with zero attached hydrogens (tertiary/aromatic N) is 1. The lowest BCUT2D eigenvalue weighted by atomic mass is 10.0. The average molecular weight is 992 g/mol. The molecule has 0 aromatic carbocycles. The van der Waals surface area contributed by atoms with Crippen LogP contribution < -0.4 is 10.2 Å². The van der Waals surface area contributed by atoms with Crippen LogP contribution in [-0.4, -0.2) is 68.5 Å². The number of aliphatic hydroxyl groups is 1. The lowest BCUT2D eigenvalue weighted by Gasteiger charge is -2.29. The monoisotopic (exact) mass is 991 g/mol. The number of aliphatic hydroxyl groups excluding tert-OH is 1. The van der Waals surface area contributed by atoms with Crippen molar-refractivity contribution < 1.29 is 32.9 Å². The van der Waals surface area contributed by atoms with E-state index < -0.39 is 20.0 Å². The molecule has 0 saturated heterocycles. The summed E-state index contributed by atoms with van der Waals surface area (Å²) in [6.45, 7) is 4.56. The SMILES string of the molecule is CCCCCC/C=C/C(O)C(COP(=O)([O-])OCC[N+](C)(C)C)NC(=O)CCCCCCCCCCCCCCCCCCCCCCCCCCCC/C=C\C/C=C\C/C=C\CCCCCCC. The van der Waals surface area contributed by atoms with E-state index in [-0.39, 0.29) is 19.1 Å². The first-order chi connectivity index (χ1) is 33.5. The van der Waals surface area contributed by atoms with Gasteiger partial charge in [0.25, 0.3) is 7.82 Å². The molecular weight excluding hydrogens is 876 g/mol. The van der Waals surface area contributed by atoms with Crippen LogP contribution >= 0.6 is 7.82 Å². The molecular formula is C60H115N2O6P. The molecule has 0 spiro atoms. The van der Waals surface area contributed by atoms with Gasteiger partial charge < -0.3 is 28.8 Å². The first kappa shape index (κ1) is 67.5. The molecule has 0 aromatic rings. The Bertz CT molecular complexity index is 1260. The van der Waals surface area contributed by atoms with Gasteiger partial charge in [-0.25, -0.2) is 0 Å². The summed E-state index contributed by atoms with van der Waals surface area (Å²) in [5.41, 5.74) is 0. The molecule has 0 fully saturated rings. The Morgan fingerprint density at radius 3 is 1.23 bits per heavy atom. The number of rotatable bonds is 54. The van der Waals surface area contributed by atoms with Crippen LogP contribution in [0.5, 0.6) is 0 Å². The first-order valence-corrected chi connectivity index (χ1v) is 31.0. The molecule has 0 bridgehead atoms. The summed E-state index contributed by atoms with van der Waals surface area (Å²) in [4.78, 5) is 25.2. The highest BCUT2D eigenvalue weighted by molar-refractivity contribution is 7.45. The highest BCUT2D eigenvalue weighted by atomic mass is 31.2. The van der Waals surface area contributed by atoms with Gasteiger partial charge in [0.1, 0.15) is 13.2 Å². The predicted octanol–water partition coefficient (Wildman–Crippen LogP) is 17.3. The maximum absolute atomic E-state index is 12.8. The lowest BCUT2D eigenvalue weighted by molar-refractivity contribution is -0.870. The van der Waals surface area contributed by atoms with Crippen LogP contribution in [0.2, 0.25) is 0 Å². The van der Waals surface area contributed by atoms with Crippen molar-refractivity contribution in [3.05, 3.63) is 48.6 Å². The minimum absolute atomic E-state index is 0.000534. The van der Waals surface area contributed by atoms with Crippen LogP contribution in [0.25, 0.3) is 0 Å². The number of likely N-dealkylation sites (N-methyl/N-ethyl adjacent to an activating group) is 1. The van der Waals surface area contributed by atoms with Crippen molar-refractivity contribution >= 4 is 13.7 Å². The second kappa shape index (κ2) is 51.4. The van der Waals surface area contributed by atoms with Gasteiger partial charge in [-0.05, 0) is 57.8 Å². The Balaban J connectivity index is 3.69. The van der Waals surface area contributed by atoms with E-state index in [0.717, 1.165) is 57.8 Å². The number of hydrogen-bond donors (Lipinski definition) is 2. The summed E-state index contributed by atoms with van der Waals surface area (Å²) < 4.78 is 23.1. The van der Waals surface area contributed by atoms with Crippen LogP contribution in [0.4, 0.5) is 0 Å². The molecule has 0 saturated carbocycles. The number of hydrogen-bond acceptors (Lipinski definition) is 6. The fraction of sp³-hybridized carbons (Fsp3) is 0.850. The summed E-state index contributed by atoms with van der Waals surface area (Å²) in [6.07, 6.45) is 68.4. The Morgan fingerprint density at radius 1 is 0.507 bits per heavy atom. The zero-order valence-corrected chi connectivity index (χ0v) is 47.2. The molecule has 0 aliphatic heterocycles. The number of carbonyl (C=O) groups is 1. The minimum atomic E-state index is -4.58. The number of allylic oxidation sites excluding steroid dienone is 7. The van der Waals surface area contributed by atoms with Gasteiger partial charge in [-0.1, -0.05) is 262 Å². The van der Waals surface area contributed by atoms with Crippen molar-refractivity contribution in [1.29, 1.82) is 0 Å². The van der Waals surface area contributed by atoms with E-state index in [1.807, 2.05) is 27.2 Å². The fourth-order valence-electron chi connectivity index (χ4n) is 8.63. The molecule has 0 aliphatic carbocycles. The molecule has 9 heteroatoms. The summed E-state index contributed by atoms with van der Waals surface area (Å²) in [6, 6.07) is -0.881. The normalized spacial score (nSPS) is 14.2. The standard InChI is InChI=1S/C60H115N2O6P/c1-6-8-10-12-14-15-16-17-18-19-20-21-22-23-24-25-26-27-28-29-30-31-32-33-34-35-36-37-38-39-40-41-42-43-44-45-46-47-48-50-52-54-60(64)61-58(59(63)53-51-49-13-11-9-7-2)57-68-69(65,66)67-56-55-62(3,4)5/h16-17,19-20,22-23,51,53,58-59,63H,6-15,18,21,24-50,52,54-57H2,1-5H3,(H-,61,64,65,66)/b17-16-,20-19-,23-22-,53-51+. The largest absolute Gasteiger partial charge is 0.756 e. The van der Waals surface area contributed by atoms with Gasteiger partial charge in [0.15, 0.2) is 0 Å². The number of phosphoric ester groups is 1. The van der Waals surface area contributed by atoms with Crippen LogP contribution in [0.3, 0.4) is 0 Å². The fourth-order valence-corrected chi connectivity index (χ4v) is 9.36. The third-order valence-electron chi connectivity index (χ3n) is 13.3. The molecule has 0 aromatic heterocycles. The number of phosphoric acid groups is 1. The number of unbranched alkanes of at least 4 members (excludes halogenated alkanes) is 35. The van der Waals surface area contributed by atoms with E-state index in [9.17, 15) is 19.4 Å². The van der Waals surface area contributed by atoms with Crippen LogP contribution in [0.15, 0.2) is 48.6 Å². The molecule has 0 heterocycles. The number of carbonyl (C=O) groups excluding carboxylic acids is 1. The number of amides is 1. The van der Waals surface area contributed by atoms with Crippen molar-refractivity contribution in [3.8, 4) is 0 Å². The minimum Gasteiger partial charge on any atom is -0.756 e. The molecule has 0 radical (unpaired) electrons. The third-order valence-corrected chi connectivity index (χ3v) is 14.2. The summed E-state index contributed by atoms with van der Waals surface area (Å²) >= 11 is 0. The Kier molecular flexibility index (Phi) is 50.2. The van der Waals surface area contributed by atoms with Crippen molar-refractivity contribution in [3.63, 3.8) is 0 Å². The van der Waals surface area contributed by atoms with Crippen molar-refractivity contribution in [2.45, 2.75) is 289 Å². The highest BCUT2D eigenvalue weighted by Crippen LogP contribution is 2.38. The van der Waals surface area contributed by atoms with Crippen molar-refractivity contribution in [2.24, 2.45) is 0 Å². The van der Waals surface area contributed by atoms with Crippen LogP contribution in [0.1, 0.15) is 277 Å². The molecule has 3 atom stereocenters. The van der Waals surface area contributed by atoms with Gasteiger partial charge in [0, 0.05) is 6.42 Å². The first-order valence-electron chi connectivity index (χ1n) is 29.5. The molecule has 69 heavy (non-hydrogen) atoms. The zero-order chi connectivity index (χ0) is 50.6. The van der Waals surface area contributed by atoms with E-state index in [1.54, 1.807) is 6.08 Å². The quantitative estimate of drug-likeness (QED) is 0.0272. The zero-order valence-electron chi connectivity index (χ0n) is 46.3. The van der Waals surface area contributed by atoms with Crippen molar-refractivity contribution in [1.82, 2.24) is 5.32 Å². The second-order valence-electron chi connectivity index (χ2n) is 21.4. The molecule has 1 amide bonds. The van der Waals surface area contributed by atoms with E-state index in [2.05, 4.69) is 55.6 Å². The number of quaternary nitrogens is 1. The van der Waals surface area contributed by atoms with Gasteiger partial charge in [-0.2, -0.15) is 0 Å². The van der Waals surface area contributed by atoms with Gasteiger partial charge in [-0.3, -0.25) is 9.36 Å². The topological polar surface area (TPSA) is 108 Å². The van der Waals surface area contributed by atoms with Gasteiger partial charge in [-0.15, -0.1) is 0 Å². The Hall–Kier alpha value is -1.54. The number of nitrogens with one attached hydrogen (secondary N) is 1. The average Bonchev–Trinajstić information content (AvgIpc) is 3.31. The third kappa shape index (κ3) is 54.1. The van der Waals surface area contributed by atoms with Crippen molar-refractivity contribution in [2.75, 3.05) is 40.9 Å². The van der Waals surface area contributed by atoms with E-state index in [1.165, 1.54) is 199 Å². The molecule has 0 rings (SSSR count). The molecule has 8 nitrogen and oxygen atoms in total. The maximum Gasteiger partial charge on any atom is 0.268 e. The Labute approximate surface area is 429 Å². The Morgan fingerprint density at radius 2 is 0.841 bits per heavy atom. The predicted molar refractivity (Wildman–Crippen MR) is 298 cm³/mol. The molecule has 0 aliphatic rings. The maximum atomic E-state index is 12.8. The van der Waals surface area contributed by atoms with E-state index in [0.29, 0.717) is 17.4 Å². The summed E-state index contributed by atoms with van der Waals surface area (Å²) in [5.74, 6) is -0.200. The summed E-state index contributed by atoms with van der Waals surface area (Å²) in [7, 11) is 1.26. The second-order valence-corrected chi connectivity index (χ2v) is 22.8. The van der Waals surface area contributed by atoms with Gasteiger partial charge in [0.2, 0.25) is 5.91 Å². The van der Waals surface area contributed by atoms with Gasteiger partial charge in [0.05, 0.1) is 39.9 Å². The van der Waals surface area contributed by atoms with E-state index in [4.69, 9.17) is 9.05 Å². The smallest absolute Gasteiger partial charge is 0.268 e. The molecule has 3 unspecified atom stereocenters. The molecule has 2 N–H and O–H groups in total. The van der Waals surface area contributed by atoms with E-state index >= 15 is 0 Å². The van der Waals surface area contributed by atoms with Gasteiger partial charge >= 0.3 is 0 Å². The highest BCUT2D eigenvalue weighted by Gasteiger charge is 2.23. The van der Waals surface area contributed by atoms with Crippen LogP contribution in [-0.2, 0) is 18.4 Å². The van der Waals surface area contributed by atoms with Crippen LogP contribution in [0, 0.1) is 0 Å². The lowest BCUT2D eigenvalue weighted by Crippen LogP contribution is -2.45. The molecule has 406 valence electrons.